The number of pyridine rings is 3. The van der Waals surface area contributed by atoms with Crippen LogP contribution in [0.3, 0.4) is 0 Å². The lowest BCUT2D eigenvalue weighted by Crippen LogP contribution is -2.41. The predicted molar refractivity (Wildman–Crippen MR) is 128 cm³/mol. The maximum Gasteiger partial charge on any atom is 0.272 e. The molecule has 6 rings (SSSR count). The standard InChI is InChI=1S/C26H27N5O3/c1-15-10-22(26(33)31-6-8-34-9-7-31)27-14-20(15)21-11-18-13-28-23(30-25(32)17-4-5-17)12-19(18)24(29-21)16-2-3-16/h10-14,16-17H,2-9H2,1H3,(H,28,30,32). The molecule has 2 aliphatic carbocycles. The summed E-state index contributed by atoms with van der Waals surface area (Å²) in [5, 5.41) is 4.98. The van der Waals surface area contributed by atoms with Gasteiger partial charge in [-0.1, -0.05) is 0 Å². The molecule has 1 saturated heterocycles. The summed E-state index contributed by atoms with van der Waals surface area (Å²) in [5.41, 5.74) is 4.20. The van der Waals surface area contributed by atoms with Gasteiger partial charge in [-0.2, -0.15) is 0 Å². The van der Waals surface area contributed by atoms with Crippen LogP contribution in [0.25, 0.3) is 22.0 Å². The van der Waals surface area contributed by atoms with Gasteiger partial charge in [-0.3, -0.25) is 19.6 Å². The molecular weight excluding hydrogens is 430 g/mol. The fraction of sp³-hybridized carbons (Fsp3) is 0.423. The van der Waals surface area contributed by atoms with Crippen LogP contribution in [-0.4, -0.2) is 58.0 Å². The van der Waals surface area contributed by atoms with Crippen LogP contribution >= 0.6 is 0 Å². The molecule has 8 heteroatoms. The number of aryl methyl sites for hydroxylation is 1. The van der Waals surface area contributed by atoms with Crippen molar-refractivity contribution < 1.29 is 14.3 Å². The van der Waals surface area contributed by atoms with Gasteiger partial charge in [0.25, 0.3) is 5.91 Å². The van der Waals surface area contributed by atoms with Crippen molar-refractivity contribution in [2.75, 3.05) is 31.6 Å². The molecule has 0 bridgehead atoms. The molecule has 0 unspecified atom stereocenters. The summed E-state index contributed by atoms with van der Waals surface area (Å²) in [7, 11) is 0. The number of anilines is 1. The number of rotatable bonds is 5. The third-order valence-corrected chi connectivity index (χ3v) is 6.81. The molecule has 0 atom stereocenters. The summed E-state index contributed by atoms with van der Waals surface area (Å²) < 4.78 is 5.35. The molecule has 1 N–H and O–H groups in total. The van der Waals surface area contributed by atoms with Crippen molar-refractivity contribution in [1.29, 1.82) is 0 Å². The minimum Gasteiger partial charge on any atom is -0.378 e. The first-order valence-electron chi connectivity index (χ1n) is 12.0. The molecule has 0 spiro atoms. The highest BCUT2D eigenvalue weighted by Crippen LogP contribution is 2.43. The second kappa shape index (κ2) is 8.43. The van der Waals surface area contributed by atoms with Gasteiger partial charge in [0.2, 0.25) is 5.91 Å². The highest BCUT2D eigenvalue weighted by Gasteiger charge is 2.31. The van der Waals surface area contributed by atoms with E-state index in [1.807, 2.05) is 31.3 Å². The number of ether oxygens (including phenoxy) is 1. The molecule has 3 aromatic rings. The normalized spacial score (nSPS) is 18.2. The predicted octanol–water partition coefficient (Wildman–Crippen LogP) is 3.70. The summed E-state index contributed by atoms with van der Waals surface area (Å²) in [6, 6.07) is 5.83. The van der Waals surface area contributed by atoms with Gasteiger partial charge in [-0.15, -0.1) is 0 Å². The average molecular weight is 458 g/mol. The third kappa shape index (κ3) is 4.14. The van der Waals surface area contributed by atoms with Crippen LogP contribution in [0.1, 0.15) is 53.3 Å². The van der Waals surface area contributed by atoms with E-state index in [4.69, 9.17) is 9.72 Å². The number of fused-ring (bicyclic) bond motifs is 1. The van der Waals surface area contributed by atoms with Gasteiger partial charge in [-0.05, 0) is 56.4 Å². The van der Waals surface area contributed by atoms with Crippen LogP contribution < -0.4 is 5.32 Å². The molecule has 4 heterocycles. The zero-order valence-electron chi connectivity index (χ0n) is 19.2. The van der Waals surface area contributed by atoms with Gasteiger partial charge in [-0.25, -0.2) is 4.98 Å². The van der Waals surface area contributed by atoms with Crippen molar-refractivity contribution in [2.24, 2.45) is 5.92 Å². The van der Waals surface area contributed by atoms with E-state index in [1.165, 1.54) is 0 Å². The number of hydrogen-bond donors (Lipinski definition) is 1. The first-order valence-corrected chi connectivity index (χ1v) is 12.0. The smallest absolute Gasteiger partial charge is 0.272 e. The summed E-state index contributed by atoms with van der Waals surface area (Å²) in [4.78, 5) is 40.8. The average Bonchev–Trinajstić information content (AvgIpc) is 3.77. The monoisotopic (exact) mass is 457 g/mol. The number of carbonyl (C=O) groups is 2. The molecular formula is C26H27N5O3. The summed E-state index contributed by atoms with van der Waals surface area (Å²) in [6.45, 7) is 4.30. The van der Waals surface area contributed by atoms with Crippen LogP contribution in [0.2, 0.25) is 0 Å². The quantitative estimate of drug-likeness (QED) is 0.628. The Morgan fingerprint density at radius 1 is 1.03 bits per heavy atom. The number of carbonyl (C=O) groups excluding carboxylic acids is 2. The Hall–Kier alpha value is -3.39. The number of nitrogens with zero attached hydrogens (tertiary/aromatic N) is 4. The van der Waals surface area contributed by atoms with Crippen molar-refractivity contribution in [2.45, 2.75) is 38.5 Å². The van der Waals surface area contributed by atoms with E-state index in [1.54, 1.807) is 11.1 Å². The second-order valence-corrected chi connectivity index (χ2v) is 9.51. The molecule has 0 radical (unpaired) electrons. The van der Waals surface area contributed by atoms with Gasteiger partial charge in [0, 0.05) is 53.7 Å². The molecule has 0 aromatic carbocycles. The largest absolute Gasteiger partial charge is 0.378 e. The van der Waals surface area contributed by atoms with Crippen molar-refractivity contribution in [1.82, 2.24) is 19.9 Å². The maximum atomic E-state index is 12.8. The Balaban J connectivity index is 1.33. The zero-order valence-corrected chi connectivity index (χ0v) is 19.2. The second-order valence-electron chi connectivity index (χ2n) is 9.51. The highest BCUT2D eigenvalue weighted by molar-refractivity contribution is 5.97. The summed E-state index contributed by atoms with van der Waals surface area (Å²) in [6.07, 6.45) is 7.72. The fourth-order valence-electron chi connectivity index (χ4n) is 4.49. The lowest BCUT2D eigenvalue weighted by atomic mass is 10.0. The molecule has 2 saturated carbocycles. The van der Waals surface area contributed by atoms with Gasteiger partial charge < -0.3 is 15.0 Å². The first-order chi connectivity index (χ1) is 16.6. The van der Waals surface area contributed by atoms with Crippen LogP contribution in [0.5, 0.6) is 0 Å². The molecule has 3 aliphatic rings. The van der Waals surface area contributed by atoms with Crippen molar-refractivity contribution in [3.63, 3.8) is 0 Å². The van der Waals surface area contributed by atoms with Crippen LogP contribution in [-0.2, 0) is 9.53 Å². The lowest BCUT2D eigenvalue weighted by Gasteiger charge is -2.26. The van der Waals surface area contributed by atoms with E-state index >= 15 is 0 Å². The molecule has 3 fully saturated rings. The fourth-order valence-corrected chi connectivity index (χ4v) is 4.49. The van der Waals surface area contributed by atoms with Gasteiger partial charge >= 0.3 is 0 Å². The highest BCUT2D eigenvalue weighted by atomic mass is 16.5. The lowest BCUT2D eigenvalue weighted by molar-refractivity contribution is -0.117. The number of hydrogen-bond acceptors (Lipinski definition) is 6. The van der Waals surface area contributed by atoms with Crippen LogP contribution in [0, 0.1) is 12.8 Å². The van der Waals surface area contributed by atoms with Gasteiger partial charge in [0.05, 0.1) is 24.6 Å². The summed E-state index contributed by atoms with van der Waals surface area (Å²) >= 11 is 0. The SMILES string of the molecule is Cc1cc(C(=O)N2CCOCC2)ncc1-c1cc2cnc(NC(=O)C3CC3)cc2c(C2CC2)n1. The molecule has 3 aromatic heterocycles. The van der Waals surface area contributed by atoms with Gasteiger partial charge in [0.1, 0.15) is 11.5 Å². The Bertz CT molecular complexity index is 1290. The Morgan fingerprint density at radius 2 is 1.82 bits per heavy atom. The summed E-state index contributed by atoms with van der Waals surface area (Å²) in [5.74, 6) is 1.14. The Labute approximate surface area is 197 Å². The van der Waals surface area contributed by atoms with E-state index in [2.05, 4.69) is 15.3 Å². The Morgan fingerprint density at radius 3 is 2.53 bits per heavy atom. The third-order valence-electron chi connectivity index (χ3n) is 6.81. The number of nitrogens with one attached hydrogen (secondary N) is 1. The minimum atomic E-state index is -0.0620. The van der Waals surface area contributed by atoms with Crippen molar-refractivity contribution in [3.05, 3.63) is 47.5 Å². The van der Waals surface area contributed by atoms with E-state index in [0.717, 1.165) is 59.0 Å². The molecule has 1 aliphatic heterocycles. The van der Waals surface area contributed by atoms with Crippen molar-refractivity contribution >= 4 is 28.4 Å². The Kier molecular flexibility index (Phi) is 5.25. The van der Waals surface area contributed by atoms with Crippen molar-refractivity contribution in [3.8, 4) is 11.3 Å². The van der Waals surface area contributed by atoms with Crippen LogP contribution in [0.15, 0.2) is 30.6 Å². The van der Waals surface area contributed by atoms with E-state index in [9.17, 15) is 9.59 Å². The maximum absolute atomic E-state index is 12.8. The zero-order chi connectivity index (χ0) is 23.2. The molecule has 174 valence electrons. The minimum absolute atomic E-state index is 0.0535. The topological polar surface area (TPSA) is 97.3 Å². The number of amides is 2. The molecule has 2 amide bonds. The van der Waals surface area contributed by atoms with E-state index in [-0.39, 0.29) is 17.7 Å². The van der Waals surface area contributed by atoms with Crippen LogP contribution in [0.4, 0.5) is 5.82 Å². The number of aromatic nitrogens is 3. The van der Waals surface area contributed by atoms with E-state index in [0.29, 0.717) is 43.7 Å². The van der Waals surface area contributed by atoms with E-state index < -0.39 is 0 Å². The molecule has 34 heavy (non-hydrogen) atoms. The molecule has 8 nitrogen and oxygen atoms in total. The van der Waals surface area contributed by atoms with Gasteiger partial charge in [0.15, 0.2) is 0 Å². The number of morpholine rings is 1. The first kappa shape index (κ1) is 21.2.